The molecule has 0 radical (unpaired) electrons. The molecule has 22 heavy (non-hydrogen) atoms. The van der Waals surface area contributed by atoms with Crippen molar-refractivity contribution in [2.75, 3.05) is 25.0 Å². The number of carbonyl (C=O) groups is 1. The van der Waals surface area contributed by atoms with Crippen LogP contribution in [-0.4, -0.2) is 47.0 Å². The van der Waals surface area contributed by atoms with Crippen molar-refractivity contribution in [2.45, 2.75) is 19.4 Å². The minimum Gasteiger partial charge on any atom is -0.342 e. The van der Waals surface area contributed by atoms with Gasteiger partial charge in [0.15, 0.2) is 0 Å². The highest BCUT2D eigenvalue weighted by Gasteiger charge is 2.34. The number of benzene rings is 1. The van der Waals surface area contributed by atoms with Crippen LogP contribution in [0, 0.1) is 6.92 Å². The summed E-state index contributed by atoms with van der Waals surface area (Å²) in [4.78, 5) is 25.2. The first-order chi connectivity index (χ1) is 10.6. The van der Waals surface area contributed by atoms with Crippen molar-refractivity contribution in [3.8, 4) is 0 Å². The summed E-state index contributed by atoms with van der Waals surface area (Å²) in [6.07, 6.45) is 4.26. The Labute approximate surface area is 130 Å². The van der Waals surface area contributed by atoms with Gasteiger partial charge in [-0.1, -0.05) is 30.3 Å². The van der Waals surface area contributed by atoms with E-state index in [2.05, 4.69) is 22.1 Å². The lowest BCUT2D eigenvalue weighted by molar-refractivity contribution is -0.132. The lowest BCUT2D eigenvalue weighted by atomic mass is 10.0. The number of hydrogen-bond acceptors (Lipinski definition) is 4. The minimum absolute atomic E-state index is 0.124. The van der Waals surface area contributed by atoms with Gasteiger partial charge in [-0.15, -0.1) is 0 Å². The number of carbonyl (C=O) groups excluding carboxylic acids is 1. The van der Waals surface area contributed by atoms with Crippen molar-refractivity contribution >= 4 is 11.9 Å². The first-order valence-corrected chi connectivity index (χ1v) is 7.49. The van der Waals surface area contributed by atoms with Crippen LogP contribution in [-0.2, 0) is 11.2 Å². The van der Waals surface area contributed by atoms with Crippen LogP contribution in [0.3, 0.4) is 0 Å². The molecule has 5 heteroatoms. The van der Waals surface area contributed by atoms with Crippen LogP contribution in [0.15, 0.2) is 42.7 Å². The molecule has 1 unspecified atom stereocenters. The number of aryl methyl sites for hydroxylation is 1. The molecule has 0 spiro atoms. The molecule has 1 amide bonds. The number of hydrogen-bond donors (Lipinski definition) is 0. The topological polar surface area (TPSA) is 49.3 Å². The van der Waals surface area contributed by atoms with E-state index in [1.54, 1.807) is 17.3 Å². The molecule has 1 saturated heterocycles. The average Bonchev–Trinajstić information content (AvgIpc) is 2.54. The summed E-state index contributed by atoms with van der Waals surface area (Å²) in [6.45, 7) is 3.41. The van der Waals surface area contributed by atoms with Gasteiger partial charge in [0.1, 0.15) is 6.04 Å². The fraction of sp³-hybridized carbons (Fsp3) is 0.353. The highest BCUT2D eigenvalue weighted by molar-refractivity contribution is 5.86. The second kappa shape index (κ2) is 6.13. The van der Waals surface area contributed by atoms with E-state index in [-0.39, 0.29) is 11.9 Å². The Morgan fingerprint density at radius 3 is 2.50 bits per heavy atom. The van der Waals surface area contributed by atoms with Gasteiger partial charge in [0.05, 0.1) is 0 Å². The zero-order chi connectivity index (χ0) is 15.5. The third-order valence-corrected chi connectivity index (χ3v) is 4.01. The summed E-state index contributed by atoms with van der Waals surface area (Å²) in [6, 6.07) is 9.84. The number of piperazine rings is 1. The van der Waals surface area contributed by atoms with Gasteiger partial charge in [-0.3, -0.25) is 4.79 Å². The number of rotatable bonds is 3. The summed E-state index contributed by atoms with van der Waals surface area (Å²) in [7, 11) is 1.85. The monoisotopic (exact) mass is 296 g/mol. The molecule has 5 nitrogen and oxygen atoms in total. The Kier molecular flexibility index (Phi) is 4.04. The fourth-order valence-corrected chi connectivity index (χ4v) is 2.72. The molecule has 1 atom stereocenters. The standard InChI is InChI=1S/C17H20N4O/c1-13-11-18-17(19-12-13)21-9-8-20(2)16(22)15(21)10-14-6-4-3-5-7-14/h3-7,11-12,15H,8-10H2,1-2H3. The van der Waals surface area contributed by atoms with Gasteiger partial charge in [-0.25, -0.2) is 9.97 Å². The van der Waals surface area contributed by atoms with Crippen molar-refractivity contribution in [3.63, 3.8) is 0 Å². The molecule has 0 bridgehead atoms. The predicted octanol–water partition coefficient (Wildman–Crippen LogP) is 1.67. The van der Waals surface area contributed by atoms with Crippen LogP contribution >= 0.6 is 0 Å². The summed E-state index contributed by atoms with van der Waals surface area (Å²) in [5.74, 6) is 0.757. The zero-order valence-electron chi connectivity index (χ0n) is 12.9. The number of amides is 1. The molecule has 2 aromatic rings. The third kappa shape index (κ3) is 2.93. The maximum atomic E-state index is 12.6. The molecule has 114 valence electrons. The molecule has 3 rings (SSSR count). The second-order valence-corrected chi connectivity index (χ2v) is 5.72. The van der Waals surface area contributed by atoms with Gasteiger partial charge < -0.3 is 9.80 Å². The van der Waals surface area contributed by atoms with E-state index in [9.17, 15) is 4.79 Å². The van der Waals surface area contributed by atoms with Gasteiger partial charge >= 0.3 is 0 Å². The van der Waals surface area contributed by atoms with Gasteiger partial charge in [0.2, 0.25) is 11.9 Å². The Bertz CT molecular complexity index is 641. The molecule has 0 saturated carbocycles. The van der Waals surface area contributed by atoms with Crippen LogP contribution in [0.1, 0.15) is 11.1 Å². The molecule has 0 N–H and O–H groups in total. The molecule has 1 aliphatic rings. The van der Waals surface area contributed by atoms with Crippen LogP contribution in [0.5, 0.6) is 0 Å². The zero-order valence-corrected chi connectivity index (χ0v) is 12.9. The molecule has 1 aromatic carbocycles. The number of aromatic nitrogens is 2. The molecule has 0 aliphatic carbocycles. The Morgan fingerprint density at radius 1 is 1.14 bits per heavy atom. The first kappa shape index (κ1) is 14.5. The lowest BCUT2D eigenvalue weighted by Crippen LogP contribution is -2.57. The summed E-state index contributed by atoms with van der Waals surface area (Å²) < 4.78 is 0. The highest BCUT2D eigenvalue weighted by Crippen LogP contribution is 2.20. The highest BCUT2D eigenvalue weighted by atomic mass is 16.2. The Hall–Kier alpha value is -2.43. The molecule has 1 aromatic heterocycles. The first-order valence-electron chi connectivity index (χ1n) is 7.49. The smallest absolute Gasteiger partial charge is 0.245 e. The van der Waals surface area contributed by atoms with Gasteiger partial charge in [0, 0.05) is 39.0 Å². The molecule has 2 heterocycles. The van der Waals surface area contributed by atoms with Crippen LogP contribution < -0.4 is 4.90 Å². The Morgan fingerprint density at radius 2 is 1.82 bits per heavy atom. The normalized spacial score (nSPS) is 18.6. The molecule has 1 aliphatic heterocycles. The number of likely N-dealkylation sites (N-methyl/N-ethyl adjacent to an activating group) is 1. The van der Waals surface area contributed by atoms with E-state index in [0.29, 0.717) is 18.9 Å². The molecular weight excluding hydrogens is 276 g/mol. The van der Waals surface area contributed by atoms with Crippen LogP contribution in [0.4, 0.5) is 5.95 Å². The summed E-state index contributed by atoms with van der Waals surface area (Å²) in [5, 5.41) is 0. The number of nitrogens with zero attached hydrogens (tertiary/aromatic N) is 4. The van der Waals surface area contributed by atoms with Crippen molar-refractivity contribution in [1.82, 2.24) is 14.9 Å². The molecular formula is C17H20N4O. The van der Waals surface area contributed by atoms with E-state index >= 15 is 0 Å². The quantitative estimate of drug-likeness (QED) is 0.864. The fourth-order valence-electron chi connectivity index (χ4n) is 2.72. The van der Waals surface area contributed by atoms with Crippen molar-refractivity contribution in [3.05, 3.63) is 53.9 Å². The predicted molar refractivity (Wildman–Crippen MR) is 85.7 cm³/mol. The van der Waals surface area contributed by atoms with E-state index in [0.717, 1.165) is 17.7 Å². The SMILES string of the molecule is Cc1cnc(N2CCN(C)C(=O)C2Cc2ccccc2)nc1. The van der Waals surface area contributed by atoms with Crippen molar-refractivity contribution in [2.24, 2.45) is 0 Å². The van der Waals surface area contributed by atoms with E-state index < -0.39 is 0 Å². The second-order valence-electron chi connectivity index (χ2n) is 5.72. The summed E-state index contributed by atoms with van der Waals surface area (Å²) >= 11 is 0. The Balaban J connectivity index is 1.89. The average molecular weight is 296 g/mol. The van der Waals surface area contributed by atoms with E-state index in [1.807, 2.05) is 37.1 Å². The van der Waals surface area contributed by atoms with Gasteiger partial charge in [-0.05, 0) is 18.1 Å². The maximum absolute atomic E-state index is 12.6. The van der Waals surface area contributed by atoms with Gasteiger partial charge in [-0.2, -0.15) is 0 Å². The van der Waals surface area contributed by atoms with Crippen molar-refractivity contribution < 1.29 is 4.79 Å². The number of anilines is 1. The summed E-state index contributed by atoms with van der Waals surface area (Å²) in [5.41, 5.74) is 2.16. The van der Waals surface area contributed by atoms with Crippen molar-refractivity contribution in [1.29, 1.82) is 0 Å². The minimum atomic E-state index is -0.246. The van der Waals surface area contributed by atoms with Gasteiger partial charge in [0.25, 0.3) is 0 Å². The van der Waals surface area contributed by atoms with Crippen LogP contribution in [0.25, 0.3) is 0 Å². The van der Waals surface area contributed by atoms with Crippen LogP contribution in [0.2, 0.25) is 0 Å². The third-order valence-electron chi connectivity index (χ3n) is 4.01. The van der Waals surface area contributed by atoms with E-state index in [1.165, 1.54) is 0 Å². The molecule has 1 fully saturated rings. The van der Waals surface area contributed by atoms with E-state index in [4.69, 9.17) is 0 Å². The largest absolute Gasteiger partial charge is 0.342 e. The maximum Gasteiger partial charge on any atom is 0.245 e. The lowest BCUT2D eigenvalue weighted by Gasteiger charge is -2.39.